The summed E-state index contributed by atoms with van der Waals surface area (Å²) in [5.74, 6) is -0.00946. The molecular weight excluding hydrogens is 238 g/mol. The first-order valence-electron chi connectivity index (χ1n) is 6.41. The Morgan fingerprint density at radius 1 is 1.26 bits per heavy atom. The minimum Gasteiger partial charge on any atom is -0.326 e. The second-order valence-electron chi connectivity index (χ2n) is 5.51. The minimum absolute atomic E-state index is 0.00946. The van der Waals surface area contributed by atoms with Crippen LogP contribution in [0.25, 0.3) is 0 Å². The molecule has 4 heteroatoms. The number of hydrogen-bond acceptors (Lipinski definition) is 3. The van der Waals surface area contributed by atoms with Gasteiger partial charge >= 0.3 is 0 Å². The fourth-order valence-corrected chi connectivity index (χ4v) is 1.57. The van der Waals surface area contributed by atoms with Crippen LogP contribution in [0.1, 0.15) is 32.8 Å². The third kappa shape index (κ3) is 6.58. The molecule has 0 spiro atoms. The van der Waals surface area contributed by atoms with E-state index in [1.807, 2.05) is 24.3 Å². The number of benzene rings is 1. The van der Waals surface area contributed by atoms with Crippen molar-refractivity contribution in [2.24, 2.45) is 0 Å². The van der Waals surface area contributed by atoms with Crippen LogP contribution in [-0.4, -0.2) is 18.0 Å². The van der Waals surface area contributed by atoms with E-state index in [-0.39, 0.29) is 11.4 Å². The zero-order chi connectivity index (χ0) is 14.3. The molecule has 0 unspecified atom stereocenters. The zero-order valence-corrected chi connectivity index (χ0v) is 11.8. The molecule has 0 aromatic heterocycles. The minimum atomic E-state index is -0.00946. The Bertz CT molecular complexity index is 452. The molecule has 0 aliphatic carbocycles. The maximum Gasteiger partial charge on any atom is 0.225 e. The number of nitrogens with zero attached hydrogens (tertiary/aromatic N) is 1. The standard InChI is InChI=1S/C15H21N3O/c1-15(2,3)17-11-9-14(19)18-13-6-4-12(5-7-13)8-10-16/h4-7,17H,8-9,11H2,1-3H3,(H,18,19). The van der Waals surface area contributed by atoms with Crippen LogP contribution in [0.4, 0.5) is 5.69 Å². The largest absolute Gasteiger partial charge is 0.326 e. The van der Waals surface area contributed by atoms with Crippen LogP contribution in [0, 0.1) is 11.3 Å². The number of hydrogen-bond donors (Lipinski definition) is 2. The topological polar surface area (TPSA) is 64.9 Å². The third-order valence-corrected chi connectivity index (χ3v) is 2.53. The monoisotopic (exact) mass is 259 g/mol. The molecule has 4 nitrogen and oxygen atoms in total. The number of carbonyl (C=O) groups is 1. The third-order valence-electron chi connectivity index (χ3n) is 2.53. The Morgan fingerprint density at radius 2 is 1.89 bits per heavy atom. The second-order valence-corrected chi connectivity index (χ2v) is 5.51. The molecule has 102 valence electrons. The van der Waals surface area contributed by atoms with Gasteiger partial charge in [0.1, 0.15) is 0 Å². The fourth-order valence-electron chi connectivity index (χ4n) is 1.57. The van der Waals surface area contributed by atoms with Crippen molar-refractivity contribution < 1.29 is 4.79 Å². The molecule has 0 atom stereocenters. The average Bonchev–Trinajstić information content (AvgIpc) is 2.30. The van der Waals surface area contributed by atoms with Gasteiger partial charge in [0.2, 0.25) is 5.91 Å². The summed E-state index contributed by atoms with van der Waals surface area (Å²) in [6.45, 7) is 6.86. The van der Waals surface area contributed by atoms with Crippen molar-refractivity contribution in [3.63, 3.8) is 0 Å². The highest BCUT2D eigenvalue weighted by Gasteiger charge is 2.09. The Kier molecular flexibility index (Phi) is 5.53. The van der Waals surface area contributed by atoms with Crippen molar-refractivity contribution in [2.45, 2.75) is 39.2 Å². The average molecular weight is 259 g/mol. The number of amides is 1. The summed E-state index contributed by atoms with van der Waals surface area (Å²) in [6.07, 6.45) is 0.834. The number of nitrogens with one attached hydrogen (secondary N) is 2. The lowest BCUT2D eigenvalue weighted by Crippen LogP contribution is -2.37. The first-order valence-corrected chi connectivity index (χ1v) is 6.41. The molecule has 0 radical (unpaired) electrons. The van der Waals surface area contributed by atoms with Gasteiger partial charge in [0.05, 0.1) is 12.5 Å². The maximum absolute atomic E-state index is 11.7. The lowest BCUT2D eigenvalue weighted by Gasteiger charge is -2.20. The van der Waals surface area contributed by atoms with E-state index >= 15 is 0 Å². The molecule has 1 aromatic rings. The van der Waals surface area contributed by atoms with Gasteiger partial charge in [-0.05, 0) is 38.5 Å². The lowest BCUT2D eigenvalue weighted by molar-refractivity contribution is -0.116. The van der Waals surface area contributed by atoms with Crippen LogP contribution >= 0.6 is 0 Å². The van der Waals surface area contributed by atoms with Gasteiger partial charge in [-0.15, -0.1) is 0 Å². The highest BCUT2D eigenvalue weighted by molar-refractivity contribution is 5.90. The number of carbonyl (C=O) groups excluding carboxylic acids is 1. The Morgan fingerprint density at radius 3 is 2.42 bits per heavy atom. The van der Waals surface area contributed by atoms with Crippen LogP contribution in [0.2, 0.25) is 0 Å². The van der Waals surface area contributed by atoms with Gasteiger partial charge in [-0.25, -0.2) is 0 Å². The molecule has 19 heavy (non-hydrogen) atoms. The molecule has 0 fully saturated rings. The first kappa shape index (κ1) is 15.2. The van der Waals surface area contributed by atoms with Gasteiger partial charge in [0.25, 0.3) is 0 Å². The van der Waals surface area contributed by atoms with Gasteiger partial charge in [-0.2, -0.15) is 5.26 Å². The molecule has 0 aliphatic heterocycles. The fraction of sp³-hybridized carbons (Fsp3) is 0.467. The molecule has 0 bridgehead atoms. The van der Waals surface area contributed by atoms with Crippen molar-refractivity contribution in [2.75, 3.05) is 11.9 Å². The van der Waals surface area contributed by atoms with Crippen molar-refractivity contribution in [3.05, 3.63) is 29.8 Å². The number of anilines is 1. The predicted molar refractivity (Wildman–Crippen MR) is 76.8 cm³/mol. The summed E-state index contributed by atoms with van der Waals surface area (Å²) in [4.78, 5) is 11.7. The number of nitriles is 1. The zero-order valence-electron chi connectivity index (χ0n) is 11.8. The molecule has 1 rings (SSSR count). The molecule has 0 heterocycles. The van der Waals surface area contributed by atoms with Gasteiger partial charge in [0, 0.05) is 24.2 Å². The predicted octanol–water partition coefficient (Wildman–Crippen LogP) is 2.47. The van der Waals surface area contributed by atoms with Crippen molar-refractivity contribution in [3.8, 4) is 6.07 Å². The van der Waals surface area contributed by atoms with E-state index in [1.165, 1.54) is 0 Å². The maximum atomic E-state index is 11.7. The normalized spacial score (nSPS) is 10.8. The van der Waals surface area contributed by atoms with Gasteiger partial charge in [-0.3, -0.25) is 4.79 Å². The second kappa shape index (κ2) is 6.91. The van der Waals surface area contributed by atoms with Crippen LogP contribution in [0.5, 0.6) is 0 Å². The summed E-state index contributed by atoms with van der Waals surface area (Å²) < 4.78 is 0. The summed E-state index contributed by atoms with van der Waals surface area (Å²) in [6, 6.07) is 9.44. The lowest BCUT2D eigenvalue weighted by atomic mass is 10.1. The molecule has 2 N–H and O–H groups in total. The summed E-state index contributed by atoms with van der Waals surface area (Å²) in [5.41, 5.74) is 1.75. The first-order chi connectivity index (χ1) is 8.90. The SMILES string of the molecule is CC(C)(C)NCCC(=O)Nc1ccc(CC#N)cc1. The van der Waals surface area contributed by atoms with Crippen LogP contribution in [-0.2, 0) is 11.2 Å². The van der Waals surface area contributed by atoms with Crippen molar-refractivity contribution in [1.82, 2.24) is 5.32 Å². The van der Waals surface area contributed by atoms with Gasteiger partial charge in [-0.1, -0.05) is 12.1 Å². The van der Waals surface area contributed by atoms with E-state index in [1.54, 1.807) is 0 Å². The number of rotatable bonds is 5. The smallest absolute Gasteiger partial charge is 0.225 e. The van der Waals surface area contributed by atoms with E-state index in [0.29, 0.717) is 19.4 Å². The van der Waals surface area contributed by atoms with Gasteiger partial charge < -0.3 is 10.6 Å². The highest BCUT2D eigenvalue weighted by atomic mass is 16.1. The van der Waals surface area contributed by atoms with E-state index in [0.717, 1.165) is 11.3 Å². The van der Waals surface area contributed by atoms with Crippen LogP contribution in [0.3, 0.4) is 0 Å². The summed E-state index contributed by atoms with van der Waals surface area (Å²) >= 11 is 0. The Labute approximate surface area is 114 Å². The van der Waals surface area contributed by atoms with Crippen molar-refractivity contribution in [1.29, 1.82) is 5.26 Å². The highest BCUT2D eigenvalue weighted by Crippen LogP contribution is 2.10. The molecule has 0 aliphatic rings. The van der Waals surface area contributed by atoms with Crippen LogP contribution in [0.15, 0.2) is 24.3 Å². The van der Waals surface area contributed by atoms with Crippen molar-refractivity contribution >= 4 is 11.6 Å². The van der Waals surface area contributed by atoms with E-state index in [9.17, 15) is 4.79 Å². The summed E-state index contributed by atoms with van der Waals surface area (Å²) in [5, 5.41) is 14.7. The van der Waals surface area contributed by atoms with E-state index in [4.69, 9.17) is 5.26 Å². The van der Waals surface area contributed by atoms with Gasteiger partial charge in [0.15, 0.2) is 0 Å². The Hall–Kier alpha value is -1.86. The Balaban J connectivity index is 2.38. The summed E-state index contributed by atoms with van der Waals surface area (Å²) in [7, 11) is 0. The molecule has 1 aromatic carbocycles. The van der Waals surface area contributed by atoms with E-state index < -0.39 is 0 Å². The molecular formula is C15H21N3O. The van der Waals surface area contributed by atoms with E-state index in [2.05, 4.69) is 37.5 Å². The molecule has 0 saturated heterocycles. The molecule has 1 amide bonds. The molecule has 0 saturated carbocycles. The van der Waals surface area contributed by atoms with Crippen LogP contribution < -0.4 is 10.6 Å². The quantitative estimate of drug-likeness (QED) is 0.853.